The molecule has 0 saturated heterocycles. The lowest BCUT2D eigenvalue weighted by molar-refractivity contribution is 0.0390. The van der Waals surface area contributed by atoms with Crippen molar-refractivity contribution in [3.63, 3.8) is 0 Å². The molecule has 4 aromatic rings. The van der Waals surface area contributed by atoms with Gasteiger partial charge in [-0.3, -0.25) is 0 Å². The summed E-state index contributed by atoms with van der Waals surface area (Å²) in [6, 6.07) is 9.25. The van der Waals surface area contributed by atoms with Crippen LogP contribution in [0.1, 0.15) is 22.0 Å². The molecule has 0 aliphatic carbocycles. The lowest BCUT2D eigenvalue weighted by Crippen LogP contribution is -2.07. The Morgan fingerprint density at radius 2 is 2.12 bits per heavy atom. The summed E-state index contributed by atoms with van der Waals surface area (Å²) in [5.41, 5.74) is 2.11. The third kappa shape index (κ3) is 3.12. The zero-order chi connectivity index (χ0) is 17.9. The molecule has 26 heavy (non-hydrogen) atoms. The highest BCUT2D eigenvalue weighted by molar-refractivity contribution is 7.08. The van der Waals surface area contributed by atoms with Gasteiger partial charge >= 0.3 is 5.97 Å². The van der Waals surface area contributed by atoms with Gasteiger partial charge in [-0.1, -0.05) is 23.4 Å². The van der Waals surface area contributed by atoms with Crippen LogP contribution >= 0.6 is 11.3 Å². The zero-order valence-corrected chi connectivity index (χ0v) is 14.6. The van der Waals surface area contributed by atoms with Gasteiger partial charge in [-0.2, -0.15) is 16.3 Å². The Balaban J connectivity index is 1.52. The van der Waals surface area contributed by atoms with Crippen molar-refractivity contribution in [3.05, 3.63) is 58.3 Å². The number of methoxy groups -OCH3 is 1. The van der Waals surface area contributed by atoms with E-state index in [2.05, 4.69) is 10.1 Å². The number of esters is 1. The molecular weight excluding hydrogens is 356 g/mol. The van der Waals surface area contributed by atoms with Gasteiger partial charge < -0.3 is 18.4 Å². The molecule has 0 aliphatic heterocycles. The Bertz CT molecular complexity index is 1040. The maximum Gasteiger partial charge on any atom is 0.375 e. The van der Waals surface area contributed by atoms with Crippen molar-refractivity contribution < 1.29 is 23.2 Å². The fourth-order valence-electron chi connectivity index (χ4n) is 2.57. The second-order valence-corrected chi connectivity index (χ2v) is 6.22. The van der Waals surface area contributed by atoms with E-state index in [4.69, 9.17) is 18.4 Å². The highest BCUT2D eigenvalue weighted by Gasteiger charge is 2.22. The predicted octanol–water partition coefficient (Wildman–Crippen LogP) is 4.05. The number of hydrogen-bond acceptors (Lipinski definition) is 8. The molecule has 7 nitrogen and oxygen atoms in total. The number of carbonyl (C=O) groups is 1. The Morgan fingerprint density at radius 3 is 2.92 bits per heavy atom. The second kappa shape index (κ2) is 7.11. The summed E-state index contributed by atoms with van der Waals surface area (Å²) in [7, 11) is 1.56. The first kappa shape index (κ1) is 16.5. The summed E-state index contributed by atoms with van der Waals surface area (Å²) < 4.78 is 21.2. The molecule has 0 aliphatic rings. The van der Waals surface area contributed by atoms with E-state index < -0.39 is 5.97 Å². The Hall–Kier alpha value is -2.97. The summed E-state index contributed by atoms with van der Waals surface area (Å²) in [6.07, 6.45) is 0. The van der Waals surface area contributed by atoms with Crippen molar-refractivity contribution >= 4 is 28.3 Å². The van der Waals surface area contributed by atoms with Gasteiger partial charge in [0, 0.05) is 29.0 Å². The number of rotatable bonds is 6. The summed E-state index contributed by atoms with van der Waals surface area (Å²) in [6.45, 7) is 0.101. The molecule has 0 fully saturated rings. The van der Waals surface area contributed by atoms with Crippen LogP contribution in [0.15, 0.2) is 50.0 Å². The van der Waals surface area contributed by atoms with Crippen molar-refractivity contribution in [2.45, 2.75) is 13.2 Å². The summed E-state index contributed by atoms with van der Waals surface area (Å²) in [5.74, 6) is 0.180. The van der Waals surface area contributed by atoms with Gasteiger partial charge in [0.1, 0.15) is 5.58 Å². The molecule has 1 aromatic carbocycles. The number of nitrogens with zero attached hydrogens (tertiary/aromatic N) is 2. The molecule has 0 bridgehead atoms. The summed E-state index contributed by atoms with van der Waals surface area (Å²) in [4.78, 5) is 16.7. The van der Waals surface area contributed by atoms with Gasteiger partial charge in [0.25, 0.3) is 5.89 Å². The minimum Gasteiger partial charge on any atom is -0.450 e. The molecule has 132 valence electrons. The van der Waals surface area contributed by atoms with Crippen LogP contribution in [0.25, 0.3) is 22.4 Å². The maximum atomic E-state index is 12.5. The molecule has 3 heterocycles. The first-order valence-electron chi connectivity index (χ1n) is 7.78. The first-order chi connectivity index (χ1) is 12.8. The van der Waals surface area contributed by atoms with Crippen molar-refractivity contribution in [1.29, 1.82) is 0 Å². The third-order valence-electron chi connectivity index (χ3n) is 3.75. The molecule has 0 saturated carbocycles. The van der Waals surface area contributed by atoms with Gasteiger partial charge in [0.05, 0.1) is 6.61 Å². The summed E-state index contributed by atoms with van der Waals surface area (Å²) in [5, 5.41) is 8.53. The normalized spacial score (nSPS) is 11.1. The zero-order valence-electron chi connectivity index (χ0n) is 13.8. The molecule has 0 unspecified atom stereocenters. The Kier molecular flexibility index (Phi) is 4.51. The first-order valence-corrected chi connectivity index (χ1v) is 8.72. The minimum atomic E-state index is -0.608. The summed E-state index contributed by atoms with van der Waals surface area (Å²) >= 11 is 1.54. The smallest absolute Gasteiger partial charge is 0.375 e. The van der Waals surface area contributed by atoms with E-state index in [1.165, 1.54) is 11.3 Å². The molecule has 8 heteroatoms. The number of ether oxygens (including phenoxy) is 2. The van der Waals surface area contributed by atoms with Gasteiger partial charge in [-0.05, 0) is 17.5 Å². The number of para-hydroxylation sites is 1. The second-order valence-electron chi connectivity index (χ2n) is 5.44. The molecule has 3 aromatic heterocycles. The molecule has 0 N–H and O–H groups in total. The quantitative estimate of drug-likeness (QED) is 0.473. The number of thiophene rings is 1. The van der Waals surface area contributed by atoms with Crippen LogP contribution in [-0.2, 0) is 22.7 Å². The number of fused-ring (bicyclic) bond motifs is 1. The number of aromatic nitrogens is 2. The monoisotopic (exact) mass is 370 g/mol. The molecule has 0 radical (unpaired) electrons. The predicted molar refractivity (Wildman–Crippen MR) is 93.7 cm³/mol. The van der Waals surface area contributed by atoms with E-state index in [-0.39, 0.29) is 24.9 Å². The van der Waals surface area contributed by atoms with Gasteiger partial charge in [0.2, 0.25) is 11.6 Å². The number of furan rings is 1. The molecule has 0 amide bonds. The van der Waals surface area contributed by atoms with Gasteiger partial charge in [-0.25, -0.2) is 4.79 Å². The van der Waals surface area contributed by atoms with E-state index in [0.29, 0.717) is 17.0 Å². The van der Waals surface area contributed by atoms with Crippen LogP contribution in [0.4, 0.5) is 0 Å². The van der Waals surface area contributed by atoms with Crippen LogP contribution in [-0.4, -0.2) is 23.2 Å². The molecule has 4 rings (SSSR count). The lowest BCUT2D eigenvalue weighted by atomic mass is 10.1. The van der Waals surface area contributed by atoms with Crippen molar-refractivity contribution in [3.8, 4) is 11.4 Å². The van der Waals surface area contributed by atoms with Crippen LogP contribution in [0.5, 0.6) is 0 Å². The highest BCUT2D eigenvalue weighted by Crippen LogP contribution is 2.27. The number of hydrogen-bond donors (Lipinski definition) is 0. The number of benzene rings is 1. The standard InChI is InChI=1S/C18H14N2O5S/c1-22-8-13-12-4-2-3-5-14(12)24-16(13)18(21)23-9-15-19-17(20-25-15)11-6-7-26-10-11/h2-7,10H,8-9H2,1H3. The van der Waals surface area contributed by atoms with E-state index in [0.717, 1.165) is 10.9 Å². The molecule has 0 spiro atoms. The molecular formula is C18H14N2O5S. The Morgan fingerprint density at radius 1 is 1.23 bits per heavy atom. The topological polar surface area (TPSA) is 87.6 Å². The van der Waals surface area contributed by atoms with Gasteiger partial charge in [-0.15, -0.1) is 0 Å². The highest BCUT2D eigenvalue weighted by atomic mass is 32.1. The lowest BCUT2D eigenvalue weighted by Gasteiger charge is -2.02. The number of carbonyl (C=O) groups excluding carboxylic acids is 1. The van der Waals surface area contributed by atoms with Gasteiger partial charge in [0.15, 0.2) is 6.61 Å². The minimum absolute atomic E-state index is 0.116. The van der Waals surface area contributed by atoms with E-state index in [1.54, 1.807) is 13.2 Å². The third-order valence-corrected chi connectivity index (χ3v) is 4.43. The van der Waals surface area contributed by atoms with Crippen LogP contribution in [0.2, 0.25) is 0 Å². The fraction of sp³-hybridized carbons (Fsp3) is 0.167. The van der Waals surface area contributed by atoms with Crippen LogP contribution in [0, 0.1) is 0 Å². The Labute approximate surface area is 152 Å². The average molecular weight is 370 g/mol. The fourth-order valence-corrected chi connectivity index (χ4v) is 3.20. The van der Waals surface area contributed by atoms with E-state index in [1.807, 2.05) is 35.0 Å². The average Bonchev–Trinajstić information content (AvgIpc) is 3.39. The van der Waals surface area contributed by atoms with E-state index in [9.17, 15) is 4.79 Å². The SMILES string of the molecule is COCc1c(C(=O)OCc2nc(-c3ccsc3)no2)oc2ccccc12. The maximum absolute atomic E-state index is 12.5. The van der Waals surface area contributed by atoms with Crippen molar-refractivity contribution in [2.24, 2.45) is 0 Å². The molecule has 0 atom stereocenters. The van der Waals surface area contributed by atoms with Crippen LogP contribution < -0.4 is 0 Å². The van der Waals surface area contributed by atoms with Crippen molar-refractivity contribution in [2.75, 3.05) is 7.11 Å². The largest absolute Gasteiger partial charge is 0.450 e. The van der Waals surface area contributed by atoms with Crippen molar-refractivity contribution in [1.82, 2.24) is 10.1 Å². The van der Waals surface area contributed by atoms with Crippen LogP contribution in [0.3, 0.4) is 0 Å². The van der Waals surface area contributed by atoms with E-state index >= 15 is 0 Å².